The Balaban J connectivity index is 0.000000141. The summed E-state index contributed by atoms with van der Waals surface area (Å²) in [6.07, 6.45) is 5.06. The van der Waals surface area contributed by atoms with Gasteiger partial charge in [0.15, 0.2) is 0 Å². The summed E-state index contributed by atoms with van der Waals surface area (Å²) in [5, 5.41) is 31.8. The largest absolute Gasteiger partial charge is 0.390 e. The van der Waals surface area contributed by atoms with Crippen molar-refractivity contribution >= 4 is 84.8 Å². The lowest BCUT2D eigenvalue weighted by molar-refractivity contribution is 0.0118. The SMILES string of the molecule is Cc1c(-c2c(F)cc(C(N)=O)c3c2C2=C(C3)C[C@@H](C(C)(C)O)CC2)cccc1-n1c(=O)[nH]c2c(F)cccc2c1=O.Cn1c(=O)n(-c2cccc(-c3c(F)cc(C(N)=O)c4c3-c3ccc(C(C)(C)O)cc3C4)c2Cl)c(=O)c2cccc(F)c21.[2H]C([2H])([2H])n1c(=O)n(-c2cccc(-c3c(Cl)cc(C(N)=O)c4c3C3=C(C4)C[C@@H](C(C)(C)O)CC3)c2C)c(=O)c2cccc(F)c21. The van der Waals surface area contributed by atoms with Crippen LogP contribution in [0, 0.1) is 54.8 Å². The topological polar surface area (TPSA) is 333 Å². The number of fused-ring (bicyclic) bond motifs is 10. The van der Waals surface area contributed by atoms with Crippen molar-refractivity contribution in [1.82, 2.24) is 27.8 Å². The number of aliphatic hydroxyl groups is 3. The van der Waals surface area contributed by atoms with Gasteiger partial charge in [0.05, 0.1) is 71.6 Å². The molecule has 0 saturated carbocycles. The number of H-pyrrole nitrogens is 1. The zero-order valence-electron chi connectivity index (χ0n) is 72.0. The fourth-order valence-corrected chi connectivity index (χ4v) is 19.6. The van der Waals surface area contributed by atoms with E-state index in [-0.39, 0.29) is 100 Å². The van der Waals surface area contributed by atoms with Crippen LogP contribution in [0.15, 0.2) is 186 Å². The van der Waals surface area contributed by atoms with Gasteiger partial charge in [-0.25, -0.2) is 50.0 Å². The fourth-order valence-electron chi connectivity index (χ4n) is 19.0. The number of amides is 3. The molecule has 5 aliphatic rings. The van der Waals surface area contributed by atoms with E-state index in [4.69, 9.17) is 44.5 Å². The Hall–Kier alpha value is -13.0. The number of nitrogens with two attached hydrogens (primary N) is 3. The van der Waals surface area contributed by atoms with Crippen molar-refractivity contribution in [2.45, 2.75) is 130 Å². The Labute approximate surface area is 724 Å². The number of halogens is 7. The van der Waals surface area contributed by atoms with Gasteiger partial charge in [-0.15, -0.1) is 0 Å². The van der Waals surface area contributed by atoms with Crippen LogP contribution in [0.2, 0.25) is 10.0 Å². The highest BCUT2D eigenvalue weighted by atomic mass is 35.5. The van der Waals surface area contributed by atoms with Gasteiger partial charge >= 0.3 is 17.1 Å². The molecule has 5 aliphatic carbocycles. The number of nitrogens with one attached hydrogen (secondary N) is 1. The van der Waals surface area contributed by atoms with Crippen molar-refractivity contribution in [2.24, 2.45) is 43.1 Å². The molecule has 2 atom stereocenters. The molecule has 0 unspecified atom stereocenters. The summed E-state index contributed by atoms with van der Waals surface area (Å²) in [5.74, 6) is -5.97. The predicted molar refractivity (Wildman–Crippen MR) is 473 cm³/mol. The van der Waals surface area contributed by atoms with E-state index in [9.17, 15) is 71.6 Å². The molecule has 125 heavy (non-hydrogen) atoms. The molecule has 638 valence electrons. The number of hydrogen-bond acceptors (Lipinski definition) is 12. The summed E-state index contributed by atoms with van der Waals surface area (Å²) in [4.78, 5) is 121. The summed E-state index contributed by atoms with van der Waals surface area (Å²) in [5.41, 5.74) is 21.6. The van der Waals surface area contributed by atoms with Gasteiger partial charge in [0.1, 0.15) is 29.1 Å². The number of carbonyl (C=O) groups is 3. The zero-order valence-corrected chi connectivity index (χ0v) is 70.5. The van der Waals surface area contributed by atoms with E-state index in [2.05, 4.69) is 4.98 Å². The first-order valence-electron chi connectivity index (χ1n) is 41.7. The van der Waals surface area contributed by atoms with Crippen LogP contribution >= 0.6 is 23.2 Å². The molecule has 0 aliphatic heterocycles. The van der Waals surface area contributed by atoms with E-state index < -0.39 is 110 Å². The maximum absolute atomic E-state index is 16.1. The Morgan fingerprint density at radius 2 is 0.896 bits per heavy atom. The number of nitrogens with zero attached hydrogens (tertiary/aromatic N) is 5. The molecule has 3 aromatic heterocycles. The molecule has 18 rings (SSSR count). The van der Waals surface area contributed by atoms with E-state index in [1.165, 1.54) is 67.7 Å². The summed E-state index contributed by atoms with van der Waals surface area (Å²) < 4.78 is 104. The van der Waals surface area contributed by atoms with Gasteiger partial charge in [-0.2, -0.15) is 0 Å². The Bertz CT molecular complexity index is 7590. The Morgan fingerprint density at radius 3 is 1.41 bits per heavy atom. The number of aromatic amines is 1. The number of hydrogen-bond donors (Lipinski definition) is 7. The number of carbonyl (C=O) groups excluding carboxylic acids is 3. The van der Waals surface area contributed by atoms with Gasteiger partial charge in [-0.05, 0) is 281 Å². The van der Waals surface area contributed by atoms with Gasteiger partial charge in [-0.1, -0.05) is 107 Å². The molecule has 10 N–H and O–H groups in total. The van der Waals surface area contributed by atoms with Gasteiger partial charge < -0.3 is 37.5 Å². The summed E-state index contributed by atoms with van der Waals surface area (Å²) in [6, 6.07) is 34.8. The molecule has 0 bridgehead atoms. The van der Waals surface area contributed by atoms with Crippen LogP contribution in [-0.2, 0) is 38.9 Å². The normalized spacial score (nSPS) is 15.7. The third-order valence-corrected chi connectivity index (χ3v) is 26.1. The third kappa shape index (κ3) is 14.3. The van der Waals surface area contributed by atoms with E-state index in [0.717, 1.165) is 94.0 Å². The smallest absolute Gasteiger partial charge is 0.336 e. The zero-order chi connectivity index (χ0) is 92.4. The van der Waals surface area contributed by atoms with Crippen LogP contribution in [0.3, 0.4) is 0 Å². The van der Waals surface area contributed by atoms with Gasteiger partial charge in [0.2, 0.25) is 17.7 Å². The highest BCUT2D eigenvalue weighted by molar-refractivity contribution is 6.36. The minimum absolute atomic E-state index is 0.00523. The molecule has 13 aromatic rings. The van der Waals surface area contributed by atoms with Crippen LogP contribution in [0.25, 0.3) is 105 Å². The molecule has 0 fully saturated rings. The van der Waals surface area contributed by atoms with E-state index in [1.54, 1.807) is 110 Å². The van der Waals surface area contributed by atoms with Crippen LogP contribution in [0.1, 0.15) is 165 Å². The average Bonchev–Trinajstić information content (AvgIpc) is 1.39. The third-order valence-electron chi connectivity index (χ3n) is 25.4. The summed E-state index contributed by atoms with van der Waals surface area (Å²) in [6.45, 7) is 10.7. The first-order valence-corrected chi connectivity index (χ1v) is 41.0. The molecule has 10 aromatic carbocycles. The van der Waals surface area contributed by atoms with Crippen molar-refractivity contribution in [3.05, 3.63) is 325 Å². The molecule has 0 saturated heterocycles. The molecule has 21 nitrogen and oxygen atoms in total. The molecule has 0 radical (unpaired) electrons. The molecule has 3 heterocycles. The number of aromatic nitrogens is 6. The number of benzene rings is 10. The van der Waals surface area contributed by atoms with Gasteiger partial charge in [0, 0.05) is 62.1 Å². The van der Waals surface area contributed by atoms with Crippen molar-refractivity contribution in [1.29, 1.82) is 0 Å². The maximum Gasteiger partial charge on any atom is 0.336 e. The number of aryl methyl sites for hydroxylation is 2. The van der Waals surface area contributed by atoms with Gasteiger partial charge in [0.25, 0.3) is 16.7 Å². The maximum atomic E-state index is 16.1. The van der Waals surface area contributed by atoms with Crippen LogP contribution in [-0.4, -0.2) is 72.1 Å². The highest BCUT2D eigenvalue weighted by Gasteiger charge is 2.42. The van der Waals surface area contributed by atoms with E-state index in [0.29, 0.717) is 116 Å². The van der Waals surface area contributed by atoms with Crippen LogP contribution in [0.4, 0.5) is 22.0 Å². The molecule has 3 amide bonds. The first kappa shape index (κ1) is 81.7. The monoisotopic (exact) mass is 1730 g/mol. The Morgan fingerprint density at radius 1 is 0.472 bits per heavy atom. The average molecular weight is 1740 g/mol. The number of para-hydroxylation sites is 3. The first-order chi connectivity index (χ1) is 60.2. The highest BCUT2D eigenvalue weighted by Crippen LogP contribution is 2.55. The second-order valence-corrected chi connectivity index (χ2v) is 34.9. The lowest BCUT2D eigenvalue weighted by Gasteiger charge is -2.33. The van der Waals surface area contributed by atoms with Crippen LogP contribution < -0.4 is 50.9 Å². The fraction of sp³-hybridized carbons (Fsp3) is 0.247. The summed E-state index contributed by atoms with van der Waals surface area (Å²) in [7, 11) is 1.34. The number of allylic oxidation sites excluding steroid dienone is 4. The second kappa shape index (κ2) is 31.4. The molecule has 0 spiro atoms. The Kier molecular flexibility index (Phi) is 20.5. The lowest BCUT2D eigenvalue weighted by Crippen LogP contribution is -2.38. The van der Waals surface area contributed by atoms with Crippen molar-refractivity contribution < 1.29 is 55.8 Å². The summed E-state index contributed by atoms with van der Waals surface area (Å²) >= 11 is 13.8. The minimum atomic E-state index is -3.09. The van der Waals surface area contributed by atoms with Crippen molar-refractivity contribution in [3.63, 3.8) is 0 Å². The molecular formula is C97H84Cl2F5N9O12. The van der Waals surface area contributed by atoms with Crippen LogP contribution in [0.5, 0.6) is 0 Å². The number of rotatable bonds is 12. The molecule has 28 heteroatoms. The van der Waals surface area contributed by atoms with E-state index >= 15 is 8.78 Å². The van der Waals surface area contributed by atoms with Gasteiger partial charge in [-0.3, -0.25) is 37.9 Å². The molecular weight excluding hydrogens is 1650 g/mol. The minimum Gasteiger partial charge on any atom is -0.390 e. The lowest BCUT2D eigenvalue weighted by atomic mass is 9.75. The van der Waals surface area contributed by atoms with Crippen molar-refractivity contribution in [3.8, 4) is 61.6 Å². The number of primary amides is 3. The second-order valence-electron chi connectivity index (χ2n) is 34.1. The predicted octanol–water partition coefficient (Wildman–Crippen LogP) is 15.5. The quantitative estimate of drug-likeness (QED) is 0.0562. The standard InChI is InChI=1S/C33H31ClFN3O4.C32H24ClF2N3O4.C32H29F2N3O4/c1-16-19(7-6-10-26(16)38-31(40)21-8-5-9-25(35)29(21)37(4)32(38)41)28-24(34)15-23(30(36)39)22-14-17-13-18(33(2,3)42)11-12-20(17)27(22)28;1-32(2,42)16-10-11-17-15(12-16)13-20-21(29(36)39)14-23(35)26(25(17)20)18-6-5-9-24(27(18)33)38-30(40)19-7-4-8-22(34)28(19)37(3)31(38)41;1-15-18(6-5-9-25(15)37-30(39)20-7-4-8-23(33)28(20)36-31(37)40)27-24(34)14-22(29(35)38)21-13-16-12-17(32(2,3)41)10-11-19(16)26(21)27/h5-10,15,18,42H,11-14H2,1-4H3,(H2,36,39);4-12,14,42H,13H2,1-3H3,(H2,36,39);4-9,14,17,41H,10-13H2,1-3H3,(H2,35,38)(H,36,40)/t18-;;17-/m0.0/s1/i4D3;;. The van der Waals surface area contributed by atoms with E-state index in [1.807, 2.05) is 0 Å². The van der Waals surface area contributed by atoms with Crippen molar-refractivity contribution in [2.75, 3.05) is 0 Å².